The van der Waals surface area contributed by atoms with Gasteiger partial charge in [-0.2, -0.15) is 0 Å². The number of H-pyrrole nitrogens is 1. The van der Waals surface area contributed by atoms with Crippen molar-refractivity contribution in [2.45, 2.75) is 40.3 Å². The van der Waals surface area contributed by atoms with Crippen LogP contribution in [0.2, 0.25) is 0 Å². The molecule has 0 saturated heterocycles. The summed E-state index contributed by atoms with van der Waals surface area (Å²) >= 11 is 1.36. The molecule has 1 unspecified atom stereocenters. The maximum atomic E-state index is 12.0. The number of carbonyl (C=O) groups excluding carboxylic acids is 1. The Morgan fingerprint density at radius 2 is 2.14 bits per heavy atom. The van der Waals surface area contributed by atoms with Crippen LogP contribution in [0.3, 0.4) is 0 Å². The summed E-state index contributed by atoms with van der Waals surface area (Å²) in [6.45, 7) is 9.28. The molecule has 1 aromatic carbocycles. The van der Waals surface area contributed by atoms with E-state index in [2.05, 4.69) is 43.8 Å². The lowest BCUT2D eigenvalue weighted by atomic mass is 10.2. The van der Waals surface area contributed by atoms with E-state index >= 15 is 0 Å². The van der Waals surface area contributed by atoms with Crippen LogP contribution >= 0.6 is 11.3 Å². The molecule has 0 bridgehead atoms. The van der Waals surface area contributed by atoms with E-state index in [1.807, 2.05) is 32.9 Å². The van der Waals surface area contributed by atoms with Gasteiger partial charge in [-0.25, -0.2) is 14.8 Å². The fraction of sp³-hybridized carbons (Fsp3) is 0.381. The molecule has 0 saturated carbocycles. The van der Waals surface area contributed by atoms with Crippen molar-refractivity contribution in [3.05, 3.63) is 51.6 Å². The second-order valence-electron chi connectivity index (χ2n) is 6.63. The molecule has 2 aromatic heterocycles. The summed E-state index contributed by atoms with van der Waals surface area (Å²) in [6.07, 6.45) is 0. The molecule has 3 rings (SSSR count). The van der Waals surface area contributed by atoms with Crippen LogP contribution in [0.15, 0.2) is 35.3 Å². The van der Waals surface area contributed by atoms with Gasteiger partial charge < -0.3 is 20.4 Å². The van der Waals surface area contributed by atoms with Gasteiger partial charge in [0.25, 0.3) is 0 Å². The van der Waals surface area contributed by atoms with Gasteiger partial charge in [0.15, 0.2) is 5.96 Å². The zero-order valence-electron chi connectivity index (χ0n) is 17.2. The Morgan fingerprint density at radius 3 is 2.86 bits per heavy atom. The number of aliphatic imine (C=N–C) groups is 1. The number of rotatable bonds is 7. The summed E-state index contributed by atoms with van der Waals surface area (Å²) in [4.78, 5) is 25.2. The molecule has 0 aliphatic carbocycles. The summed E-state index contributed by atoms with van der Waals surface area (Å²) in [7, 11) is 0. The van der Waals surface area contributed by atoms with Gasteiger partial charge in [-0.05, 0) is 45.2 Å². The number of hydrogen-bond acceptors (Lipinski definition) is 5. The minimum atomic E-state index is -0.319. The lowest BCUT2D eigenvalue weighted by Crippen LogP contribution is -2.38. The number of guanidine groups is 1. The van der Waals surface area contributed by atoms with Crippen molar-refractivity contribution in [3.63, 3.8) is 0 Å². The third kappa shape index (κ3) is 5.14. The lowest BCUT2D eigenvalue weighted by Gasteiger charge is -2.15. The predicted molar refractivity (Wildman–Crippen MR) is 117 cm³/mol. The zero-order valence-corrected chi connectivity index (χ0v) is 18.0. The number of hydrogen-bond donors (Lipinski definition) is 3. The number of benzene rings is 1. The summed E-state index contributed by atoms with van der Waals surface area (Å²) < 4.78 is 5.11. The van der Waals surface area contributed by atoms with E-state index < -0.39 is 0 Å². The highest BCUT2D eigenvalue weighted by molar-refractivity contribution is 7.13. The highest BCUT2D eigenvalue weighted by Gasteiger charge is 2.20. The van der Waals surface area contributed by atoms with Gasteiger partial charge in [-0.3, -0.25) is 0 Å². The molecular weight excluding hydrogens is 386 g/mol. The molecule has 0 spiro atoms. The van der Waals surface area contributed by atoms with E-state index in [-0.39, 0.29) is 12.0 Å². The Balaban J connectivity index is 1.71. The summed E-state index contributed by atoms with van der Waals surface area (Å²) in [5.41, 5.74) is 2.84. The van der Waals surface area contributed by atoms with Crippen molar-refractivity contribution in [2.75, 3.05) is 13.2 Å². The second-order valence-corrected chi connectivity index (χ2v) is 7.66. The number of carbonyl (C=O) groups is 1. The van der Waals surface area contributed by atoms with E-state index in [9.17, 15) is 4.79 Å². The average Bonchev–Trinajstić information content (AvgIpc) is 3.29. The van der Waals surface area contributed by atoms with Crippen molar-refractivity contribution in [3.8, 4) is 0 Å². The molecule has 29 heavy (non-hydrogen) atoms. The fourth-order valence-electron chi connectivity index (χ4n) is 2.96. The minimum Gasteiger partial charge on any atom is -0.462 e. The number of esters is 1. The van der Waals surface area contributed by atoms with Gasteiger partial charge in [0.2, 0.25) is 0 Å². The number of nitrogens with zero attached hydrogens (tertiary/aromatic N) is 2. The molecule has 7 nitrogen and oxygen atoms in total. The van der Waals surface area contributed by atoms with Crippen LogP contribution < -0.4 is 10.6 Å². The molecule has 0 fully saturated rings. The van der Waals surface area contributed by atoms with Crippen molar-refractivity contribution in [1.29, 1.82) is 0 Å². The van der Waals surface area contributed by atoms with E-state index in [1.165, 1.54) is 16.7 Å². The third-order valence-electron chi connectivity index (χ3n) is 4.34. The average molecular weight is 414 g/mol. The molecule has 0 radical (unpaired) electrons. The SMILES string of the molecule is CCNC(=NCc1cc2ccccc2[nH]1)NC(C)c1nc(C)c(C(=O)OCC)s1. The third-order valence-corrected chi connectivity index (χ3v) is 5.66. The van der Waals surface area contributed by atoms with Gasteiger partial charge >= 0.3 is 5.97 Å². The number of aryl methyl sites for hydroxylation is 1. The predicted octanol–water partition coefficient (Wildman–Crippen LogP) is 3.93. The number of fused-ring (bicyclic) bond motifs is 1. The molecule has 2 heterocycles. The molecule has 0 aliphatic rings. The van der Waals surface area contributed by atoms with Crippen molar-refractivity contribution >= 4 is 34.2 Å². The van der Waals surface area contributed by atoms with Crippen LogP contribution in [0.1, 0.15) is 52.9 Å². The molecule has 1 atom stereocenters. The van der Waals surface area contributed by atoms with Crippen LogP contribution in [0.25, 0.3) is 10.9 Å². The normalized spacial score (nSPS) is 12.8. The van der Waals surface area contributed by atoms with Crippen LogP contribution in [0, 0.1) is 6.92 Å². The highest BCUT2D eigenvalue weighted by Crippen LogP contribution is 2.24. The largest absolute Gasteiger partial charge is 0.462 e. The number of para-hydroxylation sites is 1. The standard InChI is InChI=1S/C21H27N5O2S/c1-5-22-21(23-12-16-11-15-9-7-8-10-17(15)26-16)25-14(4)19-24-13(3)18(29-19)20(27)28-6-2/h7-11,14,26H,5-6,12H2,1-4H3,(H2,22,23,25). The van der Waals surface area contributed by atoms with E-state index in [0.717, 1.165) is 22.8 Å². The van der Waals surface area contributed by atoms with Gasteiger partial charge in [0, 0.05) is 17.8 Å². The van der Waals surface area contributed by atoms with Gasteiger partial charge in [-0.1, -0.05) is 18.2 Å². The number of thiazole rings is 1. The first-order valence-electron chi connectivity index (χ1n) is 9.77. The maximum absolute atomic E-state index is 12.0. The van der Waals surface area contributed by atoms with Crippen LogP contribution in [0.4, 0.5) is 0 Å². The lowest BCUT2D eigenvalue weighted by molar-refractivity contribution is 0.0531. The zero-order chi connectivity index (χ0) is 20.8. The number of ether oxygens (including phenoxy) is 1. The van der Waals surface area contributed by atoms with Gasteiger partial charge in [0.05, 0.1) is 24.9 Å². The van der Waals surface area contributed by atoms with E-state index in [1.54, 1.807) is 6.92 Å². The fourth-order valence-corrected chi connectivity index (χ4v) is 3.92. The van der Waals surface area contributed by atoms with Crippen molar-refractivity contribution < 1.29 is 9.53 Å². The topological polar surface area (TPSA) is 91.4 Å². The first-order valence-corrected chi connectivity index (χ1v) is 10.6. The van der Waals surface area contributed by atoms with Crippen molar-refractivity contribution in [2.24, 2.45) is 4.99 Å². The minimum absolute atomic E-state index is 0.0950. The summed E-state index contributed by atoms with van der Waals surface area (Å²) in [5, 5.41) is 8.63. The van der Waals surface area contributed by atoms with E-state index in [0.29, 0.717) is 29.7 Å². The smallest absolute Gasteiger partial charge is 0.350 e. The number of aromatic nitrogens is 2. The summed E-state index contributed by atoms with van der Waals surface area (Å²) in [6, 6.07) is 10.2. The second kappa shape index (κ2) is 9.56. The quantitative estimate of drug-likeness (QED) is 0.310. The number of nitrogens with one attached hydrogen (secondary N) is 3. The first kappa shape index (κ1) is 20.9. The van der Waals surface area contributed by atoms with Crippen LogP contribution in [-0.4, -0.2) is 35.0 Å². The van der Waals surface area contributed by atoms with Gasteiger partial charge in [-0.15, -0.1) is 11.3 Å². The van der Waals surface area contributed by atoms with E-state index in [4.69, 9.17) is 4.74 Å². The van der Waals surface area contributed by atoms with Crippen LogP contribution in [0.5, 0.6) is 0 Å². The molecule has 3 aromatic rings. The monoisotopic (exact) mass is 413 g/mol. The molecular formula is C21H27N5O2S. The Kier molecular flexibility index (Phi) is 6.87. The Hall–Kier alpha value is -2.87. The molecule has 3 N–H and O–H groups in total. The Morgan fingerprint density at radius 1 is 1.34 bits per heavy atom. The van der Waals surface area contributed by atoms with Crippen molar-refractivity contribution in [1.82, 2.24) is 20.6 Å². The Labute approximate surface area is 174 Å². The summed E-state index contributed by atoms with van der Waals surface area (Å²) in [5.74, 6) is 0.379. The molecule has 0 aliphatic heterocycles. The Bertz CT molecular complexity index is 975. The molecule has 0 amide bonds. The molecule has 154 valence electrons. The molecule has 8 heteroatoms. The number of aromatic amines is 1. The highest BCUT2D eigenvalue weighted by atomic mass is 32.1. The first-order chi connectivity index (χ1) is 14.0. The maximum Gasteiger partial charge on any atom is 0.350 e. The van der Waals surface area contributed by atoms with Gasteiger partial charge in [0.1, 0.15) is 9.88 Å². The van der Waals surface area contributed by atoms with Crippen LogP contribution in [-0.2, 0) is 11.3 Å².